The predicted octanol–water partition coefficient (Wildman–Crippen LogP) is 1.92. The number of carbonyl (C=O) groups excluding carboxylic acids is 1. The van der Waals surface area contributed by atoms with Gasteiger partial charge in [0, 0.05) is 19.5 Å². The highest BCUT2D eigenvalue weighted by atomic mass is 79.9. The summed E-state index contributed by atoms with van der Waals surface area (Å²) in [6, 6.07) is 38.1. The van der Waals surface area contributed by atoms with Crippen LogP contribution in [0.15, 0.2) is 115 Å². The van der Waals surface area contributed by atoms with Gasteiger partial charge >= 0.3 is 0 Å². The highest BCUT2D eigenvalue weighted by Gasteiger charge is 2.58. The zero-order valence-corrected chi connectivity index (χ0v) is 21.2. The monoisotopic (exact) mass is 533 g/mol. The van der Waals surface area contributed by atoms with E-state index in [0.717, 1.165) is 12.0 Å². The van der Waals surface area contributed by atoms with Gasteiger partial charge in [-0.25, -0.2) is 4.39 Å². The molecule has 0 saturated carbocycles. The average molecular weight is 534 g/mol. The number of hydrogen-bond acceptors (Lipinski definition) is 1. The molecule has 0 radical (unpaired) electrons. The first-order chi connectivity index (χ1) is 16.2. The van der Waals surface area contributed by atoms with Crippen molar-refractivity contribution >= 4 is 29.1 Å². The van der Waals surface area contributed by atoms with Gasteiger partial charge in [-0.2, -0.15) is 0 Å². The molecule has 172 valence electrons. The van der Waals surface area contributed by atoms with Crippen molar-refractivity contribution in [3.8, 4) is 0 Å². The van der Waals surface area contributed by atoms with Crippen LogP contribution in [0.3, 0.4) is 0 Å². The second-order valence-corrected chi connectivity index (χ2v) is 12.0. The molecule has 0 spiro atoms. The van der Waals surface area contributed by atoms with Crippen molar-refractivity contribution in [3.63, 3.8) is 0 Å². The third-order valence-electron chi connectivity index (χ3n) is 6.51. The van der Waals surface area contributed by atoms with Gasteiger partial charge in [0.25, 0.3) is 5.91 Å². The third kappa shape index (κ3) is 4.45. The molecular formula is C29H26BrFNOP. The van der Waals surface area contributed by atoms with Gasteiger partial charge in [0.15, 0.2) is 5.66 Å². The molecule has 5 heteroatoms. The summed E-state index contributed by atoms with van der Waals surface area (Å²) in [6.07, 6.45) is 0.798. The molecule has 1 heterocycles. The van der Waals surface area contributed by atoms with Crippen LogP contribution in [0.1, 0.15) is 12.0 Å². The Kier molecular flexibility index (Phi) is 7.60. The molecule has 4 aromatic rings. The maximum atomic E-state index is 14.0. The summed E-state index contributed by atoms with van der Waals surface area (Å²) < 4.78 is 13.4. The van der Waals surface area contributed by atoms with Crippen molar-refractivity contribution < 1.29 is 26.2 Å². The van der Waals surface area contributed by atoms with E-state index in [2.05, 4.69) is 72.8 Å². The maximum Gasteiger partial charge on any atom is 0.264 e. The van der Waals surface area contributed by atoms with Crippen molar-refractivity contribution in [1.29, 1.82) is 0 Å². The van der Waals surface area contributed by atoms with E-state index in [1.807, 2.05) is 23.1 Å². The second kappa shape index (κ2) is 10.6. The molecule has 1 amide bonds. The number of carbonyl (C=O) groups is 1. The van der Waals surface area contributed by atoms with Gasteiger partial charge in [-0.3, -0.25) is 4.79 Å². The summed E-state index contributed by atoms with van der Waals surface area (Å²) >= 11 is 0. The summed E-state index contributed by atoms with van der Waals surface area (Å²) in [7, 11) is -2.26. The molecule has 1 aliphatic heterocycles. The lowest BCUT2D eigenvalue weighted by atomic mass is 10.2. The molecular weight excluding hydrogens is 508 g/mol. The first-order valence-electron chi connectivity index (χ1n) is 11.3. The molecule has 1 saturated heterocycles. The maximum absolute atomic E-state index is 14.0. The Bertz CT molecular complexity index is 1120. The zero-order chi connectivity index (χ0) is 22.7. The van der Waals surface area contributed by atoms with Crippen LogP contribution < -0.4 is 32.9 Å². The van der Waals surface area contributed by atoms with Crippen LogP contribution in [0.5, 0.6) is 0 Å². The Hall–Kier alpha value is -2.81. The standard InChI is InChI=1S/C29H26FNOP.BrH/c30-24-18-16-23(17-19-24)22-31-21-20-28(29(31)32)33(25-10-4-1-5-11-25,26-12-6-2-7-13-26)27-14-8-3-9-15-27;/h1-19,28H,20-22H2;1H/q+1;/p-1/t28-;/m1./s1. The van der Waals surface area contributed by atoms with Gasteiger partial charge in [-0.15, -0.1) is 0 Å². The van der Waals surface area contributed by atoms with E-state index < -0.39 is 7.26 Å². The first-order valence-corrected chi connectivity index (χ1v) is 13.1. The molecule has 2 nitrogen and oxygen atoms in total. The highest BCUT2D eigenvalue weighted by molar-refractivity contribution is 7.96. The SMILES string of the molecule is O=C1[C@H]([P+](c2ccccc2)(c2ccccc2)c2ccccc2)CCN1Cc1ccc(F)cc1.[Br-]. The minimum atomic E-state index is -2.26. The topological polar surface area (TPSA) is 20.3 Å². The van der Waals surface area contributed by atoms with Crippen molar-refractivity contribution in [2.24, 2.45) is 0 Å². The lowest BCUT2D eigenvalue weighted by Gasteiger charge is -2.32. The van der Waals surface area contributed by atoms with Crippen molar-refractivity contribution in [2.45, 2.75) is 18.6 Å². The fourth-order valence-electron chi connectivity index (χ4n) is 5.03. The van der Waals surface area contributed by atoms with Crippen LogP contribution in [-0.4, -0.2) is 23.0 Å². The zero-order valence-electron chi connectivity index (χ0n) is 18.7. The van der Waals surface area contributed by atoms with Crippen LogP contribution in [0.2, 0.25) is 0 Å². The van der Waals surface area contributed by atoms with Crippen LogP contribution in [0.25, 0.3) is 0 Å². The van der Waals surface area contributed by atoms with Gasteiger partial charge in [0.05, 0.1) is 0 Å². The van der Waals surface area contributed by atoms with Gasteiger partial charge in [0.2, 0.25) is 0 Å². The summed E-state index contributed by atoms with van der Waals surface area (Å²) in [5, 5.41) is 3.68. The quantitative estimate of drug-likeness (QED) is 0.347. The molecule has 0 N–H and O–H groups in total. The second-order valence-electron chi connectivity index (χ2n) is 8.42. The molecule has 0 bridgehead atoms. The van der Waals surface area contributed by atoms with E-state index in [0.29, 0.717) is 13.1 Å². The Labute approximate surface area is 211 Å². The van der Waals surface area contributed by atoms with Crippen LogP contribution >= 0.6 is 7.26 Å². The number of benzene rings is 4. The smallest absolute Gasteiger partial charge is 0.264 e. The lowest BCUT2D eigenvalue weighted by molar-refractivity contribution is -0.127. The van der Waals surface area contributed by atoms with E-state index in [9.17, 15) is 9.18 Å². The number of nitrogens with zero attached hydrogens (tertiary/aromatic N) is 1. The number of hydrogen-bond donors (Lipinski definition) is 0. The van der Waals surface area contributed by atoms with Crippen molar-refractivity contribution in [2.75, 3.05) is 6.54 Å². The lowest BCUT2D eigenvalue weighted by Crippen LogP contribution is -3.00. The van der Waals surface area contributed by atoms with Gasteiger partial charge < -0.3 is 21.9 Å². The van der Waals surface area contributed by atoms with E-state index in [4.69, 9.17) is 0 Å². The molecule has 5 rings (SSSR count). The third-order valence-corrected chi connectivity index (χ3v) is 11.3. The van der Waals surface area contributed by atoms with Gasteiger partial charge in [-0.05, 0) is 54.1 Å². The molecule has 1 atom stereocenters. The molecule has 1 fully saturated rings. The Balaban J connectivity index is 0.00000274. The summed E-state index contributed by atoms with van der Waals surface area (Å²) in [4.78, 5) is 16.0. The molecule has 34 heavy (non-hydrogen) atoms. The van der Waals surface area contributed by atoms with E-state index in [1.54, 1.807) is 12.1 Å². The Morgan fingerprint density at radius 2 is 1.15 bits per heavy atom. The van der Waals surface area contributed by atoms with Crippen LogP contribution in [-0.2, 0) is 11.3 Å². The predicted molar refractivity (Wildman–Crippen MR) is 135 cm³/mol. The molecule has 1 aliphatic rings. The number of halogens is 2. The van der Waals surface area contributed by atoms with E-state index >= 15 is 0 Å². The minimum Gasteiger partial charge on any atom is -1.00 e. The molecule has 0 aromatic heterocycles. The fraction of sp³-hybridized carbons (Fsp3) is 0.138. The fourth-order valence-corrected chi connectivity index (χ4v) is 9.92. The molecule has 0 unspecified atom stereocenters. The number of rotatable bonds is 6. The summed E-state index contributed by atoms with van der Waals surface area (Å²) in [5.74, 6) is -0.0734. The average Bonchev–Trinajstić information content (AvgIpc) is 3.23. The normalized spacial score (nSPS) is 15.7. The first kappa shape index (κ1) is 24.3. The van der Waals surface area contributed by atoms with Crippen molar-refractivity contribution in [1.82, 2.24) is 4.90 Å². The molecule has 0 aliphatic carbocycles. The van der Waals surface area contributed by atoms with Gasteiger partial charge in [0.1, 0.15) is 29.0 Å². The Morgan fingerprint density at radius 1 is 0.706 bits per heavy atom. The Morgan fingerprint density at radius 3 is 1.59 bits per heavy atom. The van der Waals surface area contributed by atoms with Crippen LogP contribution in [0.4, 0.5) is 4.39 Å². The number of amides is 1. The largest absolute Gasteiger partial charge is 1.00 e. The number of likely N-dealkylation sites (tertiary alicyclic amines) is 1. The van der Waals surface area contributed by atoms with E-state index in [-0.39, 0.29) is 34.4 Å². The summed E-state index contributed by atoms with van der Waals surface area (Å²) in [6.45, 7) is 1.21. The van der Waals surface area contributed by atoms with E-state index in [1.165, 1.54) is 28.0 Å². The van der Waals surface area contributed by atoms with Crippen molar-refractivity contribution in [3.05, 3.63) is 127 Å². The minimum absolute atomic E-state index is 0. The van der Waals surface area contributed by atoms with Gasteiger partial charge in [-0.1, -0.05) is 66.7 Å². The summed E-state index contributed by atoms with van der Waals surface area (Å²) in [5.41, 5.74) is 0.818. The highest BCUT2D eigenvalue weighted by Crippen LogP contribution is 2.62. The molecule has 4 aromatic carbocycles. The van der Waals surface area contributed by atoms with Crippen LogP contribution in [0, 0.1) is 5.82 Å².